The molecule has 0 atom stereocenters. The van der Waals surface area contributed by atoms with Crippen molar-refractivity contribution in [2.24, 2.45) is 5.41 Å². The van der Waals surface area contributed by atoms with Gasteiger partial charge in [-0.15, -0.1) is 0 Å². The van der Waals surface area contributed by atoms with Gasteiger partial charge in [0, 0.05) is 0 Å². The molecule has 1 aliphatic rings. The summed E-state index contributed by atoms with van der Waals surface area (Å²) >= 11 is 0. The zero-order valence-electron chi connectivity index (χ0n) is 10.7. The molecular weight excluding hydrogens is 216 g/mol. The number of ether oxygens (including phenoxy) is 1. The van der Waals surface area contributed by atoms with Crippen LogP contribution >= 0.6 is 0 Å². The quantitative estimate of drug-likeness (QED) is 0.596. The fourth-order valence-corrected chi connectivity index (χ4v) is 2.55. The first-order valence-electron chi connectivity index (χ1n) is 5.78. The average molecular weight is 234 g/mol. The molecule has 2 rings (SSSR count). The highest BCUT2D eigenvalue weighted by atomic mass is 16.7. The van der Waals surface area contributed by atoms with Gasteiger partial charge in [0.15, 0.2) is 0 Å². The van der Waals surface area contributed by atoms with Crippen LogP contribution in [0.1, 0.15) is 38.8 Å². The monoisotopic (exact) mass is 234 g/mol. The Morgan fingerprint density at radius 2 is 1.94 bits per heavy atom. The van der Waals surface area contributed by atoms with Gasteiger partial charge < -0.3 is 9.84 Å². The van der Waals surface area contributed by atoms with E-state index in [1.54, 1.807) is 6.07 Å². The molecule has 0 aliphatic heterocycles. The maximum Gasteiger partial charge on any atom is 0.511 e. The highest BCUT2D eigenvalue weighted by molar-refractivity contribution is 5.61. The predicted molar refractivity (Wildman–Crippen MR) is 65.6 cm³/mol. The molecule has 1 N–H and O–H groups in total. The molecule has 3 nitrogen and oxygen atoms in total. The number of rotatable bonds is 1. The highest BCUT2D eigenvalue weighted by Gasteiger charge is 2.45. The largest absolute Gasteiger partial charge is 0.511 e. The van der Waals surface area contributed by atoms with Crippen LogP contribution in [0.5, 0.6) is 5.75 Å². The summed E-state index contributed by atoms with van der Waals surface area (Å²) in [4.78, 5) is 10.5. The second kappa shape index (κ2) is 3.49. The first-order chi connectivity index (χ1) is 7.74. The molecule has 1 aromatic carbocycles. The number of carbonyl (C=O) groups is 1. The van der Waals surface area contributed by atoms with Crippen LogP contribution in [0.15, 0.2) is 18.2 Å². The molecule has 3 heteroatoms. The van der Waals surface area contributed by atoms with Crippen LogP contribution in [0.2, 0.25) is 0 Å². The van der Waals surface area contributed by atoms with E-state index in [-0.39, 0.29) is 10.8 Å². The van der Waals surface area contributed by atoms with Gasteiger partial charge in [-0.3, -0.25) is 0 Å². The van der Waals surface area contributed by atoms with Gasteiger partial charge in [-0.2, -0.15) is 0 Å². The van der Waals surface area contributed by atoms with Gasteiger partial charge in [-0.05, 0) is 40.5 Å². The van der Waals surface area contributed by atoms with E-state index in [0.29, 0.717) is 5.75 Å². The van der Waals surface area contributed by atoms with Crippen molar-refractivity contribution in [2.45, 2.75) is 39.5 Å². The van der Waals surface area contributed by atoms with Crippen molar-refractivity contribution in [1.29, 1.82) is 0 Å². The van der Waals surface area contributed by atoms with E-state index in [9.17, 15) is 4.79 Å². The minimum absolute atomic E-state index is 0.101. The summed E-state index contributed by atoms with van der Waals surface area (Å²) in [7, 11) is 0. The molecule has 0 amide bonds. The smallest absolute Gasteiger partial charge is 0.449 e. The van der Waals surface area contributed by atoms with E-state index in [4.69, 9.17) is 9.84 Å². The van der Waals surface area contributed by atoms with Crippen molar-refractivity contribution in [1.82, 2.24) is 0 Å². The van der Waals surface area contributed by atoms with Crippen LogP contribution in [-0.2, 0) is 11.8 Å². The predicted octanol–water partition coefficient (Wildman–Crippen LogP) is 3.60. The van der Waals surface area contributed by atoms with Gasteiger partial charge in [-0.1, -0.05) is 33.8 Å². The Bertz CT molecular complexity index is 472. The van der Waals surface area contributed by atoms with Gasteiger partial charge in [0.25, 0.3) is 0 Å². The SMILES string of the molecule is CC1(C)Cc2cc(OC(=O)O)ccc2C1(C)C. The molecule has 0 fully saturated rings. The molecule has 92 valence electrons. The van der Waals surface area contributed by atoms with Crippen molar-refractivity contribution >= 4 is 6.16 Å². The van der Waals surface area contributed by atoms with Crippen LogP contribution in [0, 0.1) is 5.41 Å². The number of benzene rings is 1. The molecule has 1 aromatic rings. The molecule has 0 saturated carbocycles. The van der Waals surface area contributed by atoms with Crippen molar-refractivity contribution in [3.63, 3.8) is 0 Å². The average Bonchev–Trinajstić information content (AvgIpc) is 2.31. The summed E-state index contributed by atoms with van der Waals surface area (Å²) < 4.78 is 4.69. The zero-order valence-corrected chi connectivity index (χ0v) is 10.7. The fourth-order valence-electron chi connectivity index (χ4n) is 2.55. The number of hydrogen-bond acceptors (Lipinski definition) is 2. The second-order valence-corrected chi connectivity index (χ2v) is 5.87. The summed E-state index contributed by atoms with van der Waals surface area (Å²) in [6.45, 7) is 8.95. The van der Waals surface area contributed by atoms with Gasteiger partial charge in [0.1, 0.15) is 5.75 Å². The van der Waals surface area contributed by atoms with Gasteiger partial charge in [-0.25, -0.2) is 4.79 Å². The van der Waals surface area contributed by atoms with Gasteiger partial charge in [0.05, 0.1) is 0 Å². The molecule has 0 aromatic heterocycles. The summed E-state index contributed by atoms with van der Waals surface area (Å²) in [5, 5.41) is 8.60. The zero-order chi connectivity index (χ0) is 12.8. The van der Waals surface area contributed by atoms with Crippen LogP contribution in [0.3, 0.4) is 0 Å². The van der Waals surface area contributed by atoms with E-state index in [1.165, 1.54) is 11.1 Å². The number of carboxylic acid groups (broad SMARTS) is 1. The van der Waals surface area contributed by atoms with Crippen molar-refractivity contribution in [3.8, 4) is 5.75 Å². The molecular formula is C14H18O3. The molecule has 0 radical (unpaired) electrons. The number of hydrogen-bond donors (Lipinski definition) is 1. The Morgan fingerprint density at radius 1 is 1.29 bits per heavy atom. The maximum atomic E-state index is 10.5. The molecule has 0 spiro atoms. The van der Waals surface area contributed by atoms with E-state index in [0.717, 1.165) is 6.42 Å². The Hall–Kier alpha value is -1.51. The van der Waals surface area contributed by atoms with Crippen molar-refractivity contribution < 1.29 is 14.6 Å². The third-order valence-corrected chi connectivity index (χ3v) is 4.28. The minimum atomic E-state index is -1.26. The van der Waals surface area contributed by atoms with Crippen LogP contribution in [0.25, 0.3) is 0 Å². The topological polar surface area (TPSA) is 46.5 Å². The van der Waals surface area contributed by atoms with Crippen LogP contribution in [-0.4, -0.2) is 11.3 Å². The Labute approximate surface area is 101 Å². The Morgan fingerprint density at radius 3 is 2.53 bits per heavy atom. The van der Waals surface area contributed by atoms with Gasteiger partial charge >= 0.3 is 6.16 Å². The van der Waals surface area contributed by atoms with Crippen LogP contribution < -0.4 is 4.74 Å². The first kappa shape index (κ1) is 12.0. The Balaban J connectivity index is 2.42. The van der Waals surface area contributed by atoms with Crippen LogP contribution in [0.4, 0.5) is 4.79 Å². The molecule has 0 unspecified atom stereocenters. The lowest BCUT2D eigenvalue weighted by molar-refractivity contribution is 0.144. The third-order valence-electron chi connectivity index (χ3n) is 4.28. The van der Waals surface area contributed by atoms with E-state index in [1.807, 2.05) is 12.1 Å². The number of fused-ring (bicyclic) bond motifs is 1. The highest BCUT2D eigenvalue weighted by Crippen LogP contribution is 2.51. The molecule has 17 heavy (non-hydrogen) atoms. The van der Waals surface area contributed by atoms with E-state index >= 15 is 0 Å². The summed E-state index contributed by atoms with van der Waals surface area (Å²) in [5.74, 6) is 0.407. The lowest BCUT2D eigenvalue weighted by Crippen LogP contribution is -2.32. The van der Waals surface area contributed by atoms with E-state index < -0.39 is 6.16 Å². The maximum absolute atomic E-state index is 10.5. The summed E-state index contributed by atoms with van der Waals surface area (Å²) in [5.41, 5.74) is 2.76. The lowest BCUT2D eigenvalue weighted by Gasteiger charge is -2.35. The van der Waals surface area contributed by atoms with Crippen molar-refractivity contribution in [3.05, 3.63) is 29.3 Å². The molecule has 1 aliphatic carbocycles. The third kappa shape index (κ3) is 1.79. The van der Waals surface area contributed by atoms with E-state index in [2.05, 4.69) is 27.7 Å². The Kier molecular flexibility index (Phi) is 2.45. The second-order valence-electron chi connectivity index (χ2n) is 5.87. The first-order valence-corrected chi connectivity index (χ1v) is 5.78. The summed E-state index contributed by atoms with van der Waals surface area (Å²) in [6.07, 6.45) is -0.312. The lowest BCUT2D eigenvalue weighted by atomic mass is 9.69. The normalized spacial score (nSPS) is 19.8. The minimum Gasteiger partial charge on any atom is -0.449 e. The molecule has 0 bridgehead atoms. The fraction of sp³-hybridized carbons (Fsp3) is 0.500. The standard InChI is InChI=1S/C14H18O3/c1-13(2)8-9-7-10(17-12(15)16)5-6-11(9)14(13,3)4/h5-7H,8H2,1-4H3,(H,15,16). The molecule has 0 saturated heterocycles. The summed E-state index contributed by atoms with van der Waals surface area (Å²) in [6, 6.07) is 5.57. The molecule has 0 heterocycles. The van der Waals surface area contributed by atoms with Gasteiger partial charge in [0.2, 0.25) is 0 Å². The van der Waals surface area contributed by atoms with Crippen molar-refractivity contribution in [2.75, 3.05) is 0 Å².